The molecular formula is C17H27NO3. The van der Waals surface area contributed by atoms with E-state index in [1.807, 2.05) is 12.1 Å². The molecule has 1 aromatic rings. The van der Waals surface area contributed by atoms with Crippen molar-refractivity contribution in [3.63, 3.8) is 0 Å². The van der Waals surface area contributed by atoms with Gasteiger partial charge in [-0.15, -0.1) is 0 Å². The van der Waals surface area contributed by atoms with Gasteiger partial charge >= 0.3 is 0 Å². The number of benzene rings is 1. The van der Waals surface area contributed by atoms with Crippen molar-refractivity contribution in [1.82, 2.24) is 0 Å². The summed E-state index contributed by atoms with van der Waals surface area (Å²) in [6.07, 6.45) is 3.13. The third-order valence-electron chi connectivity index (χ3n) is 4.10. The normalized spacial score (nSPS) is 25.6. The van der Waals surface area contributed by atoms with Crippen LogP contribution in [0.4, 0.5) is 5.69 Å². The molecule has 0 amide bonds. The monoisotopic (exact) mass is 293 g/mol. The zero-order valence-electron chi connectivity index (χ0n) is 13.4. The molecule has 0 radical (unpaired) electrons. The predicted molar refractivity (Wildman–Crippen MR) is 85.1 cm³/mol. The molecule has 1 aliphatic heterocycles. The molecule has 1 saturated heterocycles. The third-order valence-corrected chi connectivity index (χ3v) is 4.10. The van der Waals surface area contributed by atoms with Crippen molar-refractivity contribution >= 4 is 5.69 Å². The van der Waals surface area contributed by atoms with Crippen molar-refractivity contribution in [2.75, 3.05) is 32.2 Å². The van der Waals surface area contributed by atoms with E-state index < -0.39 is 0 Å². The molecule has 1 heterocycles. The Morgan fingerprint density at radius 2 is 2.24 bits per heavy atom. The van der Waals surface area contributed by atoms with Gasteiger partial charge in [0.25, 0.3) is 0 Å². The Labute approximate surface area is 127 Å². The summed E-state index contributed by atoms with van der Waals surface area (Å²) >= 11 is 0. The first-order valence-electron chi connectivity index (χ1n) is 7.77. The molecule has 0 spiro atoms. The van der Waals surface area contributed by atoms with E-state index in [4.69, 9.17) is 14.2 Å². The number of hydrogen-bond acceptors (Lipinski definition) is 4. The second kappa shape index (κ2) is 7.66. The van der Waals surface area contributed by atoms with E-state index in [1.54, 1.807) is 7.11 Å². The van der Waals surface area contributed by atoms with Gasteiger partial charge in [-0.3, -0.25) is 0 Å². The predicted octanol–water partition coefficient (Wildman–Crippen LogP) is 3.47. The van der Waals surface area contributed by atoms with Crippen molar-refractivity contribution in [1.29, 1.82) is 0 Å². The van der Waals surface area contributed by atoms with E-state index in [0.29, 0.717) is 19.3 Å². The van der Waals surface area contributed by atoms with E-state index in [0.717, 1.165) is 37.3 Å². The number of hydrogen-bond donors (Lipinski definition) is 1. The topological polar surface area (TPSA) is 39.7 Å². The van der Waals surface area contributed by atoms with Gasteiger partial charge < -0.3 is 19.5 Å². The maximum Gasteiger partial charge on any atom is 0.121 e. The van der Waals surface area contributed by atoms with Gasteiger partial charge in [-0.25, -0.2) is 0 Å². The largest absolute Gasteiger partial charge is 0.491 e. The molecule has 1 fully saturated rings. The van der Waals surface area contributed by atoms with Crippen LogP contribution in [-0.2, 0) is 9.47 Å². The lowest BCUT2D eigenvalue weighted by Gasteiger charge is -2.38. The molecule has 118 valence electrons. The van der Waals surface area contributed by atoms with Crippen molar-refractivity contribution in [3.8, 4) is 5.75 Å². The van der Waals surface area contributed by atoms with Crippen LogP contribution in [0.1, 0.15) is 33.1 Å². The van der Waals surface area contributed by atoms with Crippen LogP contribution in [0.3, 0.4) is 0 Å². The Kier molecular flexibility index (Phi) is 5.88. The molecule has 2 atom stereocenters. The minimum absolute atomic E-state index is 0.00247. The summed E-state index contributed by atoms with van der Waals surface area (Å²) in [7, 11) is 1.68. The molecule has 4 nitrogen and oxygen atoms in total. The summed E-state index contributed by atoms with van der Waals surface area (Å²) in [5, 5.41) is 3.61. The molecular weight excluding hydrogens is 266 g/mol. The smallest absolute Gasteiger partial charge is 0.121 e. The average Bonchev–Trinajstić information content (AvgIpc) is 2.48. The molecule has 0 aromatic heterocycles. The van der Waals surface area contributed by atoms with E-state index in [-0.39, 0.29) is 5.60 Å². The van der Waals surface area contributed by atoms with Crippen molar-refractivity contribution in [2.45, 2.75) is 44.8 Å². The summed E-state index contributed by atoms with van der Waals surface area (Å²) in [6, 6.07) is 8.58. The first kappa shape index (κ1) is 16.1. The van der Waals surface area contributed by atoms with Crippen LogP contribution in [0.25, 0.3) is 0 Å². The Morgan fingerprint density at radius 1 is 1.38 bits per heavy atom. The Balaban J connectivity index is 1.91. The van der Waals surface area contributed by atoms with E-state index in [9.17, 15) is 0 Å². The number of nitrogens with one attached hydrogen (secondary N) is 1. The van der Waals surface area contributed by atoms with E-state index in [2.05, 4.69) is 31.3 Å². The van der Waals surface area contributed by atoms with Gasteiger partial charge in [0.15, 0.2) is 0 Å². The van der Waals surface area contributed by atoms with Crippen LogP contribution in [0.5, 0.6) is 5.75 Å². The first-order chi connectivity index (χ1) is 10.1. The highest BCUT2D eigenvalue weighted by molar-refractivity contribution is 5.49. The SMILES string of the molecule is CCC1(C)CC(Nc2cccc(OCCOC)c2)CCO1. The van der Waals surface area contributed by atoms with Crippen LogP contribution in [-0.4, -0.2) is 38.6 Å². The van der Waals surface area contributed by atoms with E-state index in [1.165, 1.54) is 0 Å². The van der Waals surface area contributed by atoms with Gasteiger partial charge in [0.1, 0.15) is 12.4 Å². The van der Waals surface area contributed by atoms with Crippen molar-refractivity contribution in [3.05, 3.63) is 24.3 Å². The third kappa shape index (κ3) is 4.90. The first-order valence-corrected chi connectivity index (χ1v) is 7.77. The summed E-state index contributed by atoms with van der Waals surface area (Å²) in [5.74, 6) is 0.877. The quantitative estimate of drug-likeness (QED) is 0.781. The molecule has 0 aliphatic carbocycles. The van der Waals surface area contributed by atoms with Crippen LogP contribution >= 0.6 is 0 Å². The zero-order chi connectivity index (χ0) is 15.1. The summed E-state index contributed by atoms with van der Waals surface area (Å²) in [5.41, 5.74) is 1.11. The number of methoxy groups -OCH3 is 1. The van der Waals surface area contributed by atoms with Crippen LogP contribution in [0.2, 0.25) is 0 Å². The second-order valence-corrected chi connectivity index (χ2v) is 5.86. The fourth-order valence-corrected chi connectivity index (χ4v) is 2.65. The minimum atomic E-state index is 0.00247. The standard InChI is InChI=1S/C17H27NO3/c1-4-17(2)13-15(8-9-21-17)18-14-6-5-7-16(12-14)20-11-10-19-3/h5-7,12,15,18H,4,8-11,13H2,1-3H3. The lowest BCUT2D eigenvalue weighted by atomic mass is 9.90. The summed E-state index contributed by atoms with van der Waals surface area (Å²) in [6.45, 7) is 6.39. The van der Waals surface area contributed by atoms with Gasteiger partial charge in [0.2, 0.25) is 0 Å². The molecule has 2 rings (SSSR count). The van der Waals surface area contributed by atoms with Gasteiger partial charge in [0, 0.05) is 31.5 Å². The Bertz CT molecular complexity index is 438. The molecule has 0 saturated carbocycles. The van der Waals surface area contributed by atoms with Crippen LogP contribution < -0.4 is 10.1 Å². The number of rotatable bonds is 7. The molecule has 4 heteroatoms. The van der Waals surface area contributed by atoms with Gasteiger partial charge in [-0.2, -0.15) is 0 Å². The molecule has 1 N–H and O–H groups in total. The van der Waals surface area contributed by atoms with E-state index >= 15 is 0 Å². The van der Waals surface area contributed by atoms with Gasteiger partial charge in [0.05, 0.1) is 12.2 Å². The molecule has 1 aliphatic rings. The molecule has 2 unspecified atom stereocenters. The number of anilines is 1. The minimum Gasteiger partial charge on any atom is -0.491 e. The van der Waals surface area contributed by atoms with Crippen molar-refractivity contribution in [2.24, 2.45) is 0 Å². The fraction of sp³-hybridized carbons (Fsp3) is 0.647. The van der Waals surface area contributed by atoms with Crippen LogP contribution in [0.15, 0.2) is 24.3 Å². The molecule has 0 bridgehead atoms. The lowest BCUT2D eigenvalue weighted by Crippen LogP contribution is -2.41. The summed E-state index contributed by atoms with van der Waals surface area (Å²) in [4.78, 5) is 0. The second-order valence-electron chi connectivity index (χ2n) is 5.86. The van der Waals surface area contributed by atoms with Crippen LogP contribution in [0, 0.1) is 0 Å². The highest BCUT2D eigenvalue weighted by Gasteiger charge is 2.31. The summed E-state index contributed by atoms with van der Waals surface area (Å²) < 4.78 is 16.5. The number of ether oxygens (including phenoxy) is 3. The van der Waals surface area contributed by atoms with Gasteiger partial charge in [-0.1, -0.05) is 13.0 Å². The Morgan fingerprint density at radius 3 is 3.00 bits per heavy atom. The maximum absolute atomic E-state index is 5.89. The Hall–Kier alpha value is -1.26. The highest BCUT2D eigenvalue weighted by Crippen LogP contribution is 2.30. The maximum atomic E-state index is 5.89. The van der Waals surface area contributed by atoms with Gasteiger partial charge in [-0.05, 0) is 38.3 Å². The highest BCUT2D eigenvalue weighted by atomic mass is 16.5. The molecule has 1 aromatic carbocycles. The molecule has 21 heavy (non-hydrogen) atoms. The zero-order valence-corrected chi connectivity index (χ0v) is 13.4. The lowest BCUT2D eigenvalue weighted by molar-refractivity contribution is -0.0708. The average molecular weight is 293 g/mol. The fourth-order valence-electron chi connectivity index (χ4n) is 2.65. The van der Waals surface area contributed by atoms with Crippen molar-refractivity contribution < 1.29 is 14.2 Å².